The topological polar surface area (TPSA) is 69.5 Å². The van der Waals surface area contributed by atoms with Gasteiger partial charge in [-0.25, -0.2) is 9.78 Å². The van der Waals surface area contributed by atoms with Crippen LogP contribution in [0.4, 0.5) is 0 Å². The standard InChI is InChI=1S/C36H39ClN4O3S/c1-8-43-35(42)32(44-36(3,4)5)29-21(2)19-27-33(30(29)22-9-12-25(37)13-10-22)45-34(38-27)24-11-14-28-26(20-24)31(39-41(28)7)23-15-17-40(6)18-16-23/h9-15,19-20,32H,8,16-18H2,1-7H3. The third-order valence-corrected chi connectivity index (χ3v) is 9.50. The van der Waals surface area contributed by atoms with Crippen LogP contribution < -0.4 is 0 Å². The number of fused-ring (bicyclic) bond motifs is 2. The molecule has 0 N–H and O–H groups in total. The highest BCUT2D eigenvalue weighted by Gasteiger charge is 2.33. The van der Waals surface area contributed by atoms with Crippen molar-refractivity contribution in [2.45, 2.75) is 52.7 Å². The van der Waals surface area contributed by atoms with Crippen LogP contribution in [0.25, 0.3) is 48.4 Å². The molecule has 1 atom stereocenters. The summed E-state index contributed by atoms with van der Waals surface area (Å²) in [6.07, 6.45) is 2.35. The van der Waals surface area contributed by atoms with Crippen LogP contribution in [-0.4, -0.2) is 58.0 Å². The first-order valence-corrected chi connectivity index (χ1v) is 16.5. The van der Waals surface area contributed by atoms with E-state index in [1.165, 1.54) is 5.57 Å². The number of aryl methyl sites for hydroxylation is 2. The zero-order valence-electron chi connectivity index (χ0n) is 26.9. The molecule has 5 aromatic rings. The van der Waals surface area contributed by atoms with Crippen molar-refractivity contribution in [1.29, 1.82) is 0 Å². The maximum Gasteiger partial charge on any atom is 0.339 e. The molecule has 0 bridgehead atoms. The Kier molecular flexibility index (Phi) is 8.61. The predicted molar refractivity (Wildman–Crippen MR) is 185 cm³/mol. The summed E-state index contributed by atoms with van der Waals surface area (Å²) < 4.78 is 14.9. The molecule has 1 aliphatic rings. The minimum Gasteiger partial charge on any atom is -0.464 e. The van der Waals surface area contributed by atoms with E-state index >= 15 is 0 Å². The first kappa shape index (κ1) is 31.4. The Morgan fingerprint density at radius 1 is 1.09 bits per heavy atom. The molecule has 2 aromatic heterocycles. The fourth-order valence-corrected chi connectivity index (χ4v) is 7.24. The average Bonchev–Trinajstić information content (AvgIpc) is 3.56. The van der Waals surface area contributed by atoms with Crippen LogP contribution in [-0.2, 0) is 21.3 Å². The highest BCUT2D eigenvalue weighted by Crippen LogP contribution is 2.45. The molecule has 3 aromatic carbocycles. The largest absolute Gasteiger partial charge is 0.464 e. The molecule has 9 heteroatoms. The van der Waals surface area contributed by atoms with Crippen LogP contribution in [0.2, 0.25) is 5.02 Å². The van der Waals surface area contributed by atoms with Crippen LogP contribution in [0.1, 0.15) is 57.0 Å². The number of carbonyl (C=O) groups excluding carboxylic acids is 1. The van der Waals surface area contributed by atoms with E-state index in [-0.39, 0.29) is 6.61 Å². The predicted octanol–water partition coefficient (Wildman–Crippen LogP) is 8.62. The van der Waals surface area contributed by atoms with Gasteiger partial charge < -0.3 is 14.4 Å². The lowest BCUT2D eigenvalue weighted by Crippen LogP contribution is -2.29. The lowest BCUT2D eigenvalue weighted by molar-refractivity contribution is -0.166. The van der Waals surface area contributed by atoms with E-state index in [4.69, 9.17) is 31.2 Å². The highest BCUT2D eigenvalue weighted by atomic mass is 35.5. The maximum absolute atomic E-state index is 13.5. The molecule has 0 spiro atoms. The molecule has 1 aliphatic heterocycles. The molecule has 7 nitrogen and oxygen atoms in total. The number of aromatic nitrogens is 3. The second-order valence-electron chi connectivity index (χ2n) is 12.7. The molecule has 0 aliphatic carbocycles. The van der Waals surface area contributed by atoms with Crippen LogP contribution in [0, 0.1) is 6.92 Å². The Balaban J connectivity index is 1.56. The molecule has 45 heavy (non-hydrogen) atoms. The van der Waals surface area contributed by atoms with E-state index < -0.39 is 17.7 Å². The van der Waals surface area contributed by atoms with Crippen LogP contribution in [0.5, 0.6) is 0 Å². The summed E-state index contributed by atoms with van der Waals surface area (Å²) in [7, 11) is 4.14. The van der Waals surface area contributed by atoms with E-state index in [1.54, 1.807) is 11.3 Å². The van der Waals surface area contributed by atoms with Crippen LogP contribution in [0.3, 0.4) is 0 Å². The van der Waals surface area contributed by atoms with Gasteiger partial charge in [0.15, 0.2) is 6.10 Å². The number of benzene rings is 3. The number of esters is 1. The van der Waals surface area contributed by atoms with Gasteiger partial charge >= 0.3 is 5.97 Å². The molecule has 6 rings (SSSR count). The summed E-state index contributed by atoms with van der Waals surface area (Å²) in [6, 6.07) is 16.2. The summed E-state index contributed by atoms with van der Waals surface area (Å²) in [6.45, 7) is 11.9. The summed E-state index contributed by atoms with van der Waals surface area (Å²) in [5.74, 6) is -0.410. The third-order valence-electron chi connectivity index (χ3n) is 8.11. The van der Waals surface area contributed by atoms with Crippen molar-refractivity contribution in [3.8, 4) is 21.7 Å². The van der Waals surface area contributed by atoms with Gasteiger partial charge in [-0.3, -0.25) is 4.68 Å². The van der Waals surface area contributed by atoms with Gasteiger partial charge in [0.1, 0.15) is 5.01 Å². The van der Waals surface area contributed by atoms with Crippen molar-refractivity contribution >= 4 is 55.6 Å². The van der Waals surface area contributed by atoms with E-state index in [0.29, 0.717) is 5.02 Å². The van der Waals surface area contributed by atoms with Crippen LogP contribution in [0.15, 0.2) is 54.6 Å². The van der Waals surface area contributed by atoms with Gasteiger partial charge in [-0.05, 0) is 101 Å². The molecule has 234 valence electrons. The Labute approximate surface area is 273 Å². The Morgan fingerprint density at radius 3 is 2.49 bits per heavy atom. The SMILES string of the molecule is CCOC(=O)C(OC(C)(C)C)c1c(C)cc2nc(-c3ccc4c(c3)c(C3=CCN(C)CC3)nn4C)sc2c1-c1ccc(Cl)cc1. The second-order valence-corrected chi connectivity index (χ2v) is 14.1. The monoisotopic (exact) mass is 642 g/mol. The summed E-state index contributed by atoms with van der Waals surface area (Å²) in [5.41, 5.74) is 8.26. The van der Waals surface area contributed by atoms with Gasteiger partial charge in [0.25, 0.3) is 0 Å². The van der Waals surface area contributed by atoms with E-state index in [1.807, 2.05) is 70.6 Å². The lowest BCUT2D eigenvalue weighted by atomic mass is 9.91. The fourth-order valence-electron chi connectivity index (χ4n) is 5.99. The zero-order chi connectivity index (χ0) is 32.0. The minimum atomic E-state index is -0.914. The number of rotatable bonds is 7. The lowest BCUT2D eigenvalue weighted by Gasteiger charge is -2.29. The van der Waals surface area contributed by atoms with Gasteiger partial charge in [0.05, 0.1) is 33.6 Å². The Hall–Kier alpha value is -3.56. The molecule has 1 unspecified atom stereocenters. The Morgan fingerprint density at radius 2 is 1.82 bits per heavy atom. The third kappa shape index (κ3) is 6.29. The number of hydrogen-bond acceptors (Lipinski definition) is 7. The minimum absolute atomic E-state index is 0.261. The van der Waals surface area contributed by atoms with Gasteiger partial charge in [-0.1, -0.05) is 29.8 Å². The molecule has 0 fully saturated rings. The quantitative estimate of drug-likeness (QED) is 0.166. The first-order chi connectivity index (χ1) is 21.4. The second kappa shape index (κ2) is 12.3. The summed E-state index contributed by atoms with van der Waals surface area (Å²) in [4.78, 5) is 21.0. The molecule has 0 saturated heterocycles. The molecular weight excluding hydrogens is 604 g/mol. The fraction of sp³-hybridized carbons (Fsp3) is 0.361. The highest BCUT2D eigenvalue weighted by molar-refractivity contribution is 7.22. The maximum atomic E-state index is 13.5. The van der Waals surface area contributed by atoms with Crippen molar-refractivity contribution < 1.29 is 14.3 Å². The zero-order valence-corrected chi connectivity index (χ0v) is 28.5. The number of thiazole rings is 1. The number of nitrogens with zero attached hydrogens (tertiary/aromatic N) is 4. The molecule has 3 heterocycles. The average molecular weight is 643 g/mol. The normalized spacial score (nSPS) is 15.1. The number of likely N-dealkylation sites (N-methyl/N-ethyl adjacent to an activating group) is 1. The van der Waals surface area contributed by atoms with E-state index in [2.05, 4.69) is 42.3 Å². The van der Waals surface area contributed by atoms with Crippen LogP contribution >= 0.6 is 22.9 Å². The number of ether oxygens (including phenoxy) is 2. The smallest absolute Gasteiger partial charge is 0.339 e. The van der Waals surface area contributed by atoms with Gasteiger partial charge in [-0.2, -0.15) is 5.10 Å². The van der Waals surface area contributed by atoms with E-state index in [0.717, 1.165) is 79.1 Å². The van der Waals surface area contributed by atoms with Crippen molar-refractivity contribution in [3.05, 3.63) is 76.5 Å². The number of carbonyl (C=O) groups is 1. The van der Waals surface area contributed by atoms with Crippen molar-refractivity contribution in [1.82, 2.24) is 19.7 Å². The van der Waals surface area contributed by atoms with Gasteiger partial charge in [0, 0.05) is 47.2 Å². The van der Waals surface area contributed by atoms with Gasteiger partial charge in [-0.15, -0.1) is 11.3 Å². The molecular formula is C36H39ClN4O3S. The summed E-state index contributed by atoms with van der Waals surface area (Å²) in [5, 5.41) is 7.59. The molecule has 0 saturated carbocycles. The molecule has 0 radical (unpaired) electrons. The summed E-state index contributed by atoms with van der Waals surface area (Å²) >= 11 is 7.93. The number of halogens is 1. The van der Waals surface area contributed by atoms with Crippen molar-refractivity contribution in [2.24, 2.45) is 7.05 Å². The van der Waals surface area contributed by atoms with Crippen molar-refractivity contribution in [3.63, 3.8) is 0 Å². The van der Waals surface area contributed by atoms with Gasteiger partial charge in [0.2, 0.25) is 0 Å². The van der Waals surface area contributed by atoms with E-state index in [9.17, 15) is 4.79 Å². The molecule has 0 amide bonds. The Bertz CT molecular complexity index is 1930. The first-order valence-electron chi connectivity index (χ1n) is 15.3. The van der Waals surface area contributed by atoms with Crippen molar-refractivity contribution in [2.75, 3.05) is 26.7 Å². The number of hydrogen-bond donors (Lipinski definition) is 0.